The summed E-state index contributed by atoms with van der Waals surface area (Å²) in [5, 5.41) is 1.15. The van der Waals surface area contributed by atoms with Gasteiger partial charge in [-0.2, -0.15) is 0 Å². The molecule has 1 fully saturated rings. The third-order valence-electron chi connectivity index (χ3n) is 4.06. The number of nitrogens with zero attached hydrogens (tertiary/aromatic N) is 2. The van der Waals surface area contributed by atoms with Crippen molar-refractivity contribution >= 4 is 16.5 Å². The molecular formula is C14H25N3S. The molecule has 1 heterocycles. The van der Waals surface area contributed by atoms with Gasteiger partial charge in [-0.25, -0.2) is 4.98 Å². The van der Waals surface area contributed by atoms with Gasteiger partial charge in [0.1, 0.15) is 0 Å². The molecule has 1 aliphatic carbocycles. The van der Waals surface area contributed by atoms with Crippen LogP contribution in [0.1, 0.15) is 56.0 Å². The van der Waals surface area contributed by atoms with Gasteiger partial charge in [-0.3, -0.25) is 0 Å². The summed E-state index contributed by atoms with van der Waals surface area (Å²) in [5.74, 6) is 1.40. The van der Waals surface area contributed by atoms with Crippen molar-refractivity contribution in [3.63, 3.8) is 0 Å². The first-order chi connectivity index (χ1) is 8.65. The standard InChI is InChI=1S/C14H25N3S/c1-4-10(2)13-12(8-15)18-14(16-13)17(3)9-11-6-5-7-11/h10-11H,4-9,15H2,1-3H3. The fourth-order valence-electron chi connectivity index (χ4n) is 2.38. The predicted octanol–water partition coefficient (Wildman–Crippen LogP) is 3.35. The Morgan fingerprint density at radius 2 is 2.22 bits per heavy atom. The van der Waals surface area contributed by atoms with E-state index in [1.54, 1.807) is 11.3 Å². The molecule has 2 N–H and O–H groups in total. The zero-order valence-electron chi connectivity index (χ0n) is 11.8. The molecule has 0 amide bonds. The average Bonchev–Trinajstić information content (AvgIpc) is 2.76. The Labute approximate surface area is 114 Å². The maximum absolute atomic E-state index is 5.85. The van der Waals surface area contributed by atoms with Crippen molar-refractivity contribution in [1.82, 2.24) is 4.98 Å². The van der Waals surface area contributed by atoms with Crippen LogP contribution in [0.25, 0.3) is 0 Å². The van der Waals surface area contributed by atoms with E-state index in [9.17, 15) is 0 Å². The fraction of sp³-hybridized carbons (Fsp3) is 0.786. The summed E-state index contributed by atoms with van der Waals surface area (Å²) in [7, 11) is 2.16. The molecule has 1 unspecified atom stereocenters. The summed E-state index contributed by atoms with van der Waals surface area (Å²) in [6.07, 6.45) is 5.31. The van der Waals surface area contributed by atoms with E-state index in [0.717, 1.165) is 24.0 Å². The minimum Gasteiger partial charge on any atom is -0.351 e. The van der Waals surface area contributed by atoms with Gasteiger partial charge < -0.3 is 10.6 Å². The highest BCUT2D eigenvalue weighted by atomic mass is 32.1. The lowest BCUT2D eigenvalue weighted by molar-refractivity contribution is 0.321. The van der Waals surface area contributed by atoms with Crippen molar-refractivity contribution in [2.24, 2.45) is 11.7 Å². The highest BCUT2D eigenvalue weighted by molar-refractivity contribution is 7.15. The average molecular weight is 267 g/mol. The second kappa shape index (κ2) is 6.02. The number of aromatic nitrogens is 1. The number of hydrogen-bond donors (Lipinski definition) is 1. The maximum atomic E-state index is 5.85. The molecular weight excluding hydrogens is 242 g/mol. The Balaban J connectivity index is 2.09. The van der Waals surface area contributed by atoms with Crippen molar-refractivity contribution in [2.75, 3.05) is 18.5 Å². The second-order valence-electron chi connectivity index (χ2n) is 5.50. The van der Waals surface area contributed by atoms with E-state index in [0.29, 0.717) is 12.5 Å². The normalized spacial score (nSPS) is 17.6. The van der Waals surface area contributed by atoms with Crippen LogP contribution in [-0.4, -0.2) is 18.6 Å². The molecule has 2 rings (SSSR count). The summed E-state index contributed by atoms with van der Waals surface area (Å²) >= 11 is 1.78. The highest BCUT2D eigenvalue weighted by Gasteiger charge is 2.22. The van der Waals surface area contributed by atoms with Crippen LogP contribution in [0.3, 0.4) is 0 Å². The third kappa shape index (κ3) is 2.86. The third-order valence-corrected chi connectivity index (χ3v) is 5.27. The van der Waals surface area contributed by atoms with Crippen LogP contribution in [0, 0.1) is 5.92 Å². The number of thiazole rings is 1. The molecule has 0 radical (unpaired) electrons. The zero-order chi connectivity index (χ0) is 13.1. The Morgan fingerprint density at radius 1 is 1.50 bits per heavy atom. The minimum absolute atomic E-state index is 0.519. The molecule has 4 heteroatoms. The molecule has 1 aliphatic rings. The van der Waals surface area contributed by atoms with Crippen LogP contribution >= 0.6 is 11.3 Å². The van der Waals surface area contributed by atoms with Crippen LogP contribution in [-0.2, 0) is 6.54 Å². The molecule has 1 saturated carbocycles. The van der Waals surface area contributed by atoms with E-state index >= 15 is 0 Å². The molecule has 102 valence electrons. The van der Waals surface area contributed by atoms with E-state index in [1.807, 2.05) is 0 Å². The fourth-order valence-corrected chi connectivity index (χ4v) is 3.41. The first-order valence-corrected chi connectivity index (χ1v) is 7.88. The van der Waals surface area contributed by atoms with Gasteiger partial charge in [0.05, 0.1) is 5.69 Å². The molecule has 0 aliphatic heterocycles. The zero-order valence-corrected chi connectivity index (χ0v) is 12.6. The summed E-state index contributed by atoms with van der Waals surface area (Å²) in [4.78, 5) is 8.41. The number of rotatable bonds is 6. The van der Waals surface area contributed by atoms with Gasteiger partial charge in [-0.05, 0) is 31.1 Å². The molecule has 0 aromatic carbocycles. The lowest BCUT2D eigenvalue weighted by Crippen LogP contribution is -2.29. The van der Waals surface area contributed by atoms with Gasteiger partial charge in [0.2, 0.25) is 0 Å². The van der Waals surface area contributed by atoms with Crippen LogP contribution < -0.4 is 10.6 Å². The van der Waals surface area contributed by atoms with Gasteiger partial charge >= 0.3 is 0 Å². The smallest absolute Gasteiger partial charge is 0.185 e. The van der Waals surface area contributed by atoms with E-state index in [-0.39, 0.29) is 0 Å². The molecule has 0 bridgehead atoms. The second-order valence-corrected chi connectivity index (χ2v) is 6.56. The Bertz CT molecular complexity index is 384. The number of hydrogen-bond acceptors (Lipinski definition) is 4. The first kappa shape index (κ1) is 13.8. The quantitative estimate of drug-likeness (QED) is 0.859. The number of nitrogens with two attached hydrogens (primary N) is 1. The van der Waals surface area contributed by atoms with Gasteiger partial charge in [0, 0.05) is 25.0 Å². The van der Waals surface area contributed by atoms with Gasteiger partial charge in [-0.1, -0.05) is 20.3 Å². The summed E-state index contributed by atoms with van der Waals surface area (Å²) in [6, 6.07) is 0. The van der Waals surface area contributed by atoms with Crippen molar-refractivity contribution < 1.29 is 0 Å². The Kier molecular flexibility index (Phi) is 4.62. The predicted molar refractivity (Wildman–Crippen MR) is 79.3 cm³/mol. The van der Waals surface area contributed by atoms with Gasteiger partial charge in [0.25, 0.3) is 0 Å². The highest BCUT2D eigenvalue weighted by Crippen LogP contribution is 2.33. The van der Waals surface area contributed by atoms with Crippen molar-refractivity contribution in [3.05, 3.63) is 10.6 Å². The molecule has 0 saturated heterocycles. The molecule has 18 heavy (non-hydrogen) atoms. The maximum Gasteiger partial charge on any atom is 0.185 e. The van der Waals surface area contributed by atoms with Gasteiger partial charge in [-0.15, -0.1) is 11.3 Å². The largest absolute Gasteiger partial charge is 0.351 e. The van der Waals surface area contributed by atoms with Crippen molar-refractivity contribution in [2.45, 2.75) is 52.0 Å². The topological polar surface area (TPSA) is 42.2 Å². The van der Waals surface area contributed by atoms with Crippen LogP contribution in [0.15, 0.2) is 0 Å². The first-order valence-electron chi connectivity index (χ1n) is 7.06. The van der Waals surface area contributed by atoms with Crippen LogP contribution in [0.2, 0.25) is 0 Å². The van der Waals surface area contributed by atoms with Crippen molar-refractivity contribution in [3.8, 4) is 0 Å². The van der Waals surface area contributed by atoms with Crippen molar-refractivity contribution in [1.29, 1.82) is 0 Å². The van der Waals surface area contributed by atoms with E-state index in [2.05, 4.69) is 25.8 Å². The van der Waals surface area contributed by atoms with E-state index in [1.165, 1.54) is 29.8 Å². The molecule has 1 atom stereocenters. The summed E-state index contributed by atoms with van der Waals surface area (Å²) in [5.41, 5.74) is 7.07. The minimum atomic E-state index is 0.519. The lowest BCUT2D eigenvalue weighted by Gasteiger charge is -2.29. The molecule has 1 aromatic rings. The summed E-state index contributed by atoms with van der Waals surface area (Å²) < 4.78 is 0. The van der Waals surface area contributed by atoms with Crippen LogP contribution in [0.4, 0.5) is 5.13 Å². The van der Waals surface area contributed by atoms with E-state index < -0.39 is 0 Å². The Hall–Kier alpha value is -0.610. The summed E-state index contributed by atoms with van der Waals surface area (Å²) in [6.45, 7) is 6.22. The molecule has 0 spiro atoms. The van der Waals surface area contributed by atoms with Crippen LogP contribution in [0.5, 0.6) is 0 Å². The van der Waals surface area contributed by atoms with Gasteiger partial charge in [0.15, 0.2) is 5.13 Å². The molecule has 1 aromatic heterocycles. The Morgan fingerprint density at radius 3 is 2.72 bits per heavy atom. The number of anilines is 1. The SMILES string of the molecule is CCC(C)c1nc(N(C)CC2CCC2)sc1CN. The van der Waals surface area contributed by atoms with E-state index in [4.69, 9.17) is 10.7 Å². The monoisotopic (exact) mass is 267 g/mol. The lowest BCUT2D eigenvalue weighted by atomic mass is 9.85. The molecule has 3 nitrogen and oxygen atoms in total.